The molecule has 0 spiro atoms. The number of aliphatic hydroxyl groups is 1. The van der Waals surface area contributed by atoms with E-state index in [-0.39, 0.29) is 24.8 Å². The second-order valence-corrected chi connectivity index (χ2v) is 2.74. The SMILES string of the molecule is C=CCN(CCO)C(=O)c1ccco1. The highest BCUT2D eigenvalue weighted by atomic mass is 16.3. The van der Waals surface area contributed by atoms with Crippen molar-refractivity contribution in [2.45, 2.75) is 0 Å². The number of furan rings is 1. The van der Waals surface area contributed by atoms with Crippen LogP contribution in [0.15, 0.2) is 35.5 Å². The van der Waals surface area contributed by atoms with Crippen molar-refractivity contribution in [1.82, 2.24) is 4.90 Å². The lowest BCUT2D eigenvalue weighted by atomic mass is 10.3. The maximum Gasteiger partial charge on any atom is 0.289 e. The summed E-state index contributed by atoms with van der Waals surface area (Å²) >= 11 is 0. The highest BCUT2D eigenvalue weighted by Crippen LogP contribution is 2.05. The predicted octanol–water partition coefficient (Wildman–Crippen LogP) is 0.900. The van der Waals surface area contributed by atoms with Gasteiger partial charge in [0, 0.05) is 13.1 Å². The summed E-state index contributed by atoms with van der Waals surface area (Å²) in [6, 6.07) is 3.24. The molecular formula is C10H13NO3. The number of carbonyl (C=O) groups is 1. The van der Waals surface area contributed by atoms with E-state index in [4.69, 9.17) is 9.52 Å². The number of aliphatic hydroxyl groups excluding tert-OH is 1. The number of carbonyl (C=O) groups excluding carboxylic acids is 1. The molecule has 0 saturated carbocycles. The fourth-order valence-electron chi connectivity index (χ4n) is 1.11. The average molecular weight is 195 g/mol. The highest BCUT2D eigenvalue weighted by Gasteiger charge is 2.15. The quantitative estimate of drug-likeness (QED) is 0.710. The zero-order valence-corrected chi connectivity index (χ0v) is 7.85. The van der Waals surface area contributed by atoms with Crippen LogP contribution in [0.3, 0.4) is 0 Å². The summed E-state index contributed by atoms with van der Waals surface area (Å²) in [5.74, 6) is 0.0456. The van der Waals surface area contributed by atoms with Crippen LogP contribution in [0.2, 0.25) is 0 Å². The van der Waals surface area contributed by atoms with Crippen molar-refractivity contribution < 1.29 is 14.3 Å². The van der Waals surface area contributed by atoms with Gasteiger partial charge in [-0.15, -0.1) is 6.58 Å². The summed E-state index contributed by atoms with van der Waals surface area (Å²) in [6.45, 7) is 4.16. The van der Waals surface area contributed by atoms with Crippen LogP contribution in [-0.2, 0) is 0 Å². The molecule has 0 fully saturated rings. The predicted molar refractivity (Wildman–Crippen MR) is 51.9 cm³/mol. The van der Waals surface area contributed by atoms with Gasteiger partial charge >= 0.3 is 0 Å². The fraction of sp³-hybridized carbons (Fsp3) is 0.300. The van der Waals surface area contributed by atoms with E-state index in [0.29, 0.717) is 6.54 Å². The monoisotopic (exact) mass is 195 g/mol. The van der Waals surface area contributed by atoms with E-state index >= 15 is 0 Å². The van der Waals surface area contributed by atoms with Gasteiger partial charge in [0.1, 0.15) is 0 Å². The number of hydrogen-bond acceptors (Lipinski definition) is 3. The van der Waals surface area contributed by atoms with Crippen molar-refractivity contribution in [2.75, 3.05) is 19.7 Å². The van der Waals surface area contributed by atoms with Gasteiger partial charge in [-0.3, -0.25) is 4.79 Å². The molecule has 0 bridgehead atoms. The molecule has 1 aromatic rings. The largest absolute Gasteiger partial charge is 0.459 e. The first-order valence-corrected chi connectivity index (χ1v) is 4.34. The lowest BCUT2D eigenvalue weighted by Crippen LogP contribution is -2.33. The Kier molecular flexibility index (Phi) is 3.94. The van der Waals surface area contributed by atoms with E-state index < -0.39 is 0 Å². The third-order valence-corrected chi connectivity index (χ3v) is 1.74. The molecule has 0 radical (unpaired) electrons. The molecule has 1 rings (SSSR count). The number of hydrogen-bond donors (Lipinski definition) is 1. The molecular weight excluding hydrogens is 182 g/mol. The molecule has 1 N–H and O–H groups in total. The lowest BCUT2D eigenvalue weighted by Gasteiger charge is -2.18. The van der Waals surface area contributed by atoms with E-state index in [0.717, 1.165) is 0 Å². The molecule has 1 heterocycles. The highest BCUT2D eigenvalue weighted by molar-refractivity contribution is 5.91. The van der Waals surface area contributed by atoms with E-state index in [9.17, 15) is 4.79 Å². The van der Waals surface area contributed by atoms with E-state index in [1.807, 2.05) is 0 Å². The first kappa shape index (κ1) is 10.5. The fourth-order valence-corrected chi connectivity index (χ4v) is 1.11. The van der Waals surface area contributed by atoms with Crippen LogP contribution in [0, 0.1) is 0 Å². The second kappa shape index (κ2) is 5.24. The summed E-state index contributed by atoms with van der Waals surface area (Å²) in [5, 5.41) is 8.75. The van der Waals surface area contributed by atoms with Crippen LogP contribution in [0.4, 0.5) is 0 Å². The minimum atomic E-state index is -0.232. The third kappa shape index (κ3) is 2.47. The van der Waals surface area contributed by atoms with Gasteiger partial charge in [-0.1, -0.05) is 6.08 Å². The van der Waals surface area contributed by atoms with Crippen LogP contribution in [0.25, 0.3) is 0 Å². The molecule has 0 atom stereocenters. The van der Waals surface area contributed by atoms with Gasteiger partial charge in [0.2, 0.25) is 0 Å². The Hall–Kier alpha value is -1.55. The Morgan fingerprint density at radius 3 is 3.00 bits per heavy atom. The molecule has 0 aliphatic rings. The van der Waals surface area contributed by atoms with Crippen LogP contribution >= 0.6 is 0 Å². The van der Waals surface area contributed by atoms with Crippen LogP contribution in [-0.4, -0.2) is 35.6 Å². The molecule has 0 aliphatic carbocycles. The smallest absolute Gasteiger partial charge is 0.289 e. The Labute approximate surface area is 82.4 Å². The van der Waals surface area contributed by atoms with Crippen molar-refractivity contribution in [3.05, 3.63) is 36.8 Å². The van der Waals surface area contributed by atoms with E-state index in [1.54, 1.807) is 18.2 Å². The van der Waals surface area contributed by atoms with E-state index in [1.165, 1.54) is 11.2 Å². The zero-order chi connectivity index (χ0) is 10.4. The van der Waals surface area contributed by atoms with Crippen LogP contribution in [0.1, 0.15) is 10.6 Å². The third-order valence-electron chi connectivity index (χ3n) is 1.74. The Balaban J connectivity index is 2.68. The Morgan fingerprint density at radius 2 is 2.50 bits per heavy atom. The minimum Gasteiger partial charge on any atom is -0.459 e. The Bertz CT molecular complexity index is 292. The molecule has 0 saturated heterocycles. The molecule has 1 aromatic heterocycles. The Morgan fingerprint density at radius 1 is 1.71 bits per heavy atom. The molecule has 0 unspecified atom stereocenters. The van der Waals surface area contributed by atoms with E-state index in [2.05, 4.69) is 6.58 Å². The van der Waals surface area contributed by atoms with Gasteiger partial charge in [-0.05, 0) is 12.1 Å². The van der Waals surface area contributed by atoms with Crippen molar-refractivity contribution in [3.8, 4) is 0 Å². The second-order valence-electron chi connectivity index (χ2n) is 2.74. The normalized spacial score (nSPS) is 9.79. The molecule has 14 heavy (non-hydrogen) atoms. The first-order valence-electron chi connectivity index (χ1n) is 4.34. The minimum absolute atomic E-state index is 0.0692. The topological polar surface area (TPSA) is 53.7 Å². The van der Waals surface area contributed by atoms with Gasteiger partial charge in [0.15, 0.2) is 5.76 Å². The number of amides is 1. The van der Waals surface area contributed by atoms with Gasteiger partial charge in [-0.2, -0.15) is 0 Å². The molecule has 0 aromatic carbocycles. The lowest BCUT2D eigenvalue weighted by molar-refractivity contribution is 0.0711. The summed E-state index contributed by atoms with van der Waals surface area (Å²) < 4.78 is 4.96. The molecule has 0 aliphatic heterocycles. The van der Waals surface area contributed by atoms with Gasteiger partial charge < -0.3 is 14.4 Å². The maximum atomic E-state index is 11.7. The van der Waals surface area contributed by atoms with Gasteiger partial charge in [0.25, 0.3) is 5.91 Å². The van der Waals surface area contributed by atoms with Crippen molar-refractivity contribution in [2.24, 2.45) is 0 Å². The summed E-state index contributed by atoms with van der Waals surface area (Å²) in [6.07, 6.45) is 3.05. The van der Waals surface area contributed by atoms with Crippen molar-refractivity contribution in [3.63, 3.8) is 0 Å². The van der Waals surface area contributed by atoms with Gasteiger partial charge in [0.05, 0.1) is 12.9 Å². The van der Waals surface area contributed by atoms with Crippen LogP contribution < -0.4 is 0 Å². The number of rotatable bonds is 5. The molecule has 4 nitrogen and oxygen atoms in total. The van der Waals surface area contributed by atoms with Crippen LogP contribution in [0.5, 0.6) is 0 Å². The van der Waals surface area contributed by atoms with Gasteiger partial charge in [-0.25, -0.2) is 0 Å². The molecule has 1 amide bonds. The summed E-state index contributed by atoms with van der Waals surface area (Å²) in [5.41, 5.74) is 0. The summed E-state index contributed by atoms with van der Waals surface area (Å²) in [4.78, 5) is 13.1. The van der Waals surface area contributed by atoms with Crippen molar-refractivity contribution >= 4 is 5.91 Å². The zero-order valence-electron chi connectivity index (χ0n) is 7.85. The molecule has 4 heteroatoms. The maximum absolute atomic E-state index is 11.7. The van der Waals surface area contributed by atoms with Crippen molar-refractivity contribution in [1.29, 1.82) is 0 Å². The number of nitrogens with zero attached hydrogens (tertiary/aromatic N) is 1. The summed E-state index contributed by atoms with van der Waals surface area (Å²) in [7, 11) is 0. The standard InChI is InChI=1S/C10H13NO3/c1-2-5-11(6-7-12)10(13)9-4-3-8-14-9/h2-4,8,12H,1,5-7H2. The molecule has 76 valence electrons. The average Bonchev–Trinajstić information content (AvgIpc) is 2.69. The first-order chi connectivity index (χ1) is 6.79.